The van der Waals surface area contributed by atoms with E-state index in [1.54, 1.807) is 0 Å². The Morgan fingerprint density at radius 1 is 0.868 bits per heavy atom. The van der Waals surface area contributed by atoms with Gasteiger partial charge in [0.2, 0.25) is 5.95 Å². The van der Waals surface area contributed by atoms with Gasteiger partial charge < -0.3 is 15.5 Å². The number of nitrogens with one attached hydrogen (secondary N) is 1. The number of aromatic hydroxyl groups is 2. The van der Waals surface area contributed by atoms with Crippen molar-refractivity contribution in [1.82, 2.24) is 9.97 Å². The fourth-order valence-corrected chi connectivity index (χ4v) is 4.71. The van der Waals surface area contributed by atoms with Crippen LogP contribution in [0.2, 0.25) is 5.02 Å². The molecular formula is C20H12ClF2N5O8S2. The maximum Gasteiger partial charge on any atom is 0.313 e. The van der Waals surface area contributed by atoms with Gasteiger partial charge in [0.25, 0.3) is 20.2 Å². The summed E-state index contributed by atoms with van der Waals surface area (Å²) >= 11 is 5.69. The molecule has 3 aromatic carbocycles. The van der Waals surface area contributed by atoms with E-state index in [-0.39, 0.29) is 22.4 Å². The molecule has 0 aliphatic heterocycles. The van der Waals surface area contributed by atoms with Crippen molar-refractivity contribution >= 4 is 65.5 Å². The van der Waals surface area contributed by atoms with Crippen molar-refractivity contribution in [3.8, 4) is 11.5 Å². The lowest BCUT2D eigenvalue weighted by Gasteiger charge is -2.10. The number of phenolic OH excluding ortho intramolecular Hbond substituents is 2. The number of anilines is 2. The Kier molecular flexibility index (Phi) is 6.89. The average molecular weight is 588 g/mol. The van der Waals surface area contributed by atoms with Crippen LogP contribution in [0.15, 0.2) is 62.5 Å². The fourth-order valence-electron chi connectivity index (χ4n) is 3.21. The molecule has 0 radical (unpaired) electrons. The number of nitrogens with zero attached hydrogens (tertiary/aromatic N) is 4. The van der Waals surface area contributed by atoms with E-state index < -0.39 is 69.8 Å². The molecule has 0 bridgehead atoms. The van der Waals surface area contributed by atoms with Crippen molar-refractivity contribution in [2.75, 3.05) is 5.32 Å². The quantitative estimate of drug-likeness (QED) is 0.0907. The Morgan fingerprint density at radius 2 is 1.53 bits per heavy atom. The third kappa shape index (κ3) is 5.46. The summed E-state index contributed by atoms with van der Waals surface area (Å²) in [5, 5.41) is 29.6. The van der Waals surface area contributed by atoms with Gasteiger partial charge in [-0.1, -0.05) is 17.7 Å². The lowest BCUT2D eigenvalue weighted by molar-refractivity contribution is 0.473. The first-order chi connectivity index (χ1) is 17.6. The molecule has 0 unspecified atom stereocenters. The van der Waals surface area contributed by atoms with Crippen LogP contribution in [-0.4, -0.2) is 46.1 Å². The smallest absolute Gasteiger partial charge is 0.313 e. The Labute approximate surface area is 216 Å². The minimum Gasteiger partial charge on any atom is -0.506 e. The van der Waals surface area contributed by atoms with Crippen LogP contribution in [0, 0.1) is 12.0 Å². The second-order valence-electron chi connectivity index (χ2n) is 7.38. The first-order valence-electron chi connectivity index (χ1n) is 9.80. The van der Waals surface area contributed by atoms with Crippen LogP contribution < -0.4 is 5.32 Å². The maximum atomic E-state index is 13.5. The Bertz CT molecular complexity index is 1870. The molecule has 4 rings (SSSR count). The van der Waals surface area contributed by atoms with Gasteiger partial charge >= 0.3 is 6.08 Å². The van der Waals surface area contributed by atoms with Crippen molar-refractivity contribution in [2.24, 2.45) is 10.2 Å². The topological polar surface area (TPSA) is 212 Å². The molecule has 5 N–H and O–H groups in total. The van der Waals surface area contributed by atoms with Gasteiger partial charge in [-0.2, -0.15) is 35.6 Å². The highest BCUT2D eigenvalue weighted by molar-refractivity contribution is 7.86. The summed E-state index contributed by atoms with van der Waals surface area (Å²) in [6.07, 6.45) is -1.38. The van der Waals surface area contributed by atoms with E-state index in [2.05, 4.69) is 25.5 Å². The predicted molar refractivity (Wildman–Crippen MR) is 128 cm³/mol. The Morgan fingerprint density at radius 3 is 2.16 bits per heavy atom. The highest BCUT2D eigenvalue weighted by Crippen LogP contribution is 2.41. The van der Waals surface area contributed by atoms with E-state index in [0.717, 1.165) is 24.3 Å². The second-order valence-corrected chi connectivity index (χ2v) is 10.6. The summed E-state index contributed by atoms with van der Waals surface area (Å²) in [6, 6.07) is 7.17. The molecule has 13 nitrogen and oxygen atoms in total. The fraction of sp³-hybridized carbons (Fsp3) is 0. The van der Waals surface area contributed by atoms with Crippen molar-refractivity contribution in [3.63, 3.8) is 0 Å². The van der Waals surface area contributed by atoms with Crippen molar-refractivity contribution in [3.05, 3.63) is 59.5 Å². The number of azo groups is 1. The average Bonchev–Trinajstić information content (AvgIpc) is 2.81. The number of aromatic nitrogens is 2. The van der Waals surface area contributed by atoms with Gasteiger partial charge in [0, 0.05) is 17.1 Å². The van der Waals surface area contributed by atoms with E-state index in [0.29, 0.717) is 6.07 Å². The van der Waals surface area contributed by atoms with Crippen molar-refractivity contribution in [1.29, 1.82) is 0 Å². The Balaban J connectivity index is 1.71. The van der Waals surface area contributed by atoms with E-state index in [9.17, 15) is 44.9 Å². The molecule has 198 valence electrons. The summed E-state index contributed by atoms with van der Waals surface area (Å²) in [5.41, 5.74) is -0.429. The molecule has 18 heteroatoms. The highest BCUT2D eigenvalue weighted by Gasteiger charge is 2.24. The van der Waals surface area contributed by atoms with E-state index in [4.69, 9.17) is 11.6 Å². The minimum atomic E-state index is -5.08. The molecule has 1 heterocycles. The van der Waals surface area contributed by atoms with Gasteiger partial charge in [-0.25, -0.2) is 0 Å². The van der Waals surface area contributed by atoms with Crippen LogP contribution in [0.1, 0.15) is 0 Å². The van der Waals surface area contributed by atoms with Crippen LogP contribution in [0.25, 0.3) is 10.8 Å². The molecule has 0 aliphatic carbocycles. The highest BCUT2D eigenvalue weighted by atomic mass is 35.5. The molecular weight excluding hydrogens is 576 g/mol. The monoisotopic (exact) mass is 587 g/mol. The number of hydrogen-bond donors (Lipinski definition) is 5. The minimum absolute atomic E-state index is 0.0850. The second kappa shape index (κ2) is 9.69. The zero-order valence-corrected chi connectivity index (χ0v) is 20.6. The first kappa shape index (κ1) is 27.0. The third-order valence-electron chi connectivity index (χ3n) is 4.87. The molecule has 4 aromatic rings. The summed E-state index contributed by atoms with van der Waals surface area (Å²) in [4.78, 5) is 4.27. The SMILES string of the molecule is O=S(=O)(O)c1cc(S(=O)(=O)O)c2c(O)c(N=Nc3ccc(Nc4nc(F)nc(F)c4Cl)cc3O)ccc2c1. The summed E-state index contributed by atoms with van der Waals surface area (Å²) in [5.74, 6) is -3.04. The van der Waals surface area contributed by atoms with Gasteiger partial charge in [-0.05, 0) is 35.7 Å². The van der Waals surface area contributed by atoms with Gasteiger partial charge in [-0.3, -0.25) is 9.11 Å². The lowest BCUT2D eigenvalue weighted by atomic mass is 10.1. The zero-order valence-electron chi connectivity index (χ0n) is 18.2. The van der Waals surface area contributed by atoms with Gasteiger partial charge in [0.1, 0.15) is 27.0 Å². The molecule has 0 amide bonds. The first-order valence-corrected chi connectivity index (χ1v) is 13.1. The largest absolute Gasteiger partial charge is 0.506 e. The van der Waals surface area contributed by atoms with E-state index in [1.807, 2.05) is 0 Å². The van der Waals surface area contributed by atoms with E-state index in [1.165, 1.54) is 12.1 Å². The number of phenols is 2. The third-order valence-corrected chi connectivity index (χ3v) is 6.91. The number of rotatable bonds is 6. The molecule has 0 saturated carbocycles. The maximum absolute atomic E-state index is 13.5. The zero-order chi connectivity index (χ0) is 28.0. The molecule has 1 aromatic heterocycles. The van der Waals surface area contributed by atoms with Crippen LogP contribution in [0.3, 0.4) is 0 Å². The van der Waals surface area contributed by atoms with Crippen molar-refractivity contribution < 1.29 is 44.9 Å². The standard InChI is InChI=1S/C20H12ClF2N5O8S2/c21-16-18(22)25-20(23)26-19(16)24-9-2-4-11(13(29)6-9)27-28-12-3-1-8-5-10(37(31,32)33)7-14(38(34,35)36)15(8)17(12)30/h1-7,29-30H,(H,24,25,26)(H,31,32,33)(H,34,35,36). The van der Waals surface area contributed by atoms with Crippen LogP contribution in [0.4, 0.5) is 31.7 Å². The molecule has 0 saturated heterocycles. The normalized spacial score (nSPS) is 12.3. The van der Waals surface area contributed by atoms with Crippen LogP contribution in [0.5, 0.6) is 11.5 Å². The van der Waals surface area contributed by atoms with Gasteiger partial charge in [0.15, 0.2) is 11.6 Å². The molecule has 0 fully saturated rings. The molecule has 0 atom stereocenters. The van der Waals surface area contributed by atoms with Crippen molar-refractivity contribution in [2.45, 2.75) is 9.79 Å². The number of benzene rings is 3. The number of fused-ring (bicyclic) bond motifs is 1. The molecule has 0 aliphatic rings. The summed E-state index contributed by atoms with van der Waals surface area (Å²) < 4.78 is 92.2. The van der Waals surface area contributed by atoms with Crippen LogP contribution >= 0.6 is 11.6 Å². The van der Waals surface area contributed by atoms with Gasteiger partial charge in [0.05, 0.1) is 4.90 Å². The summed E-state index contributed by atoms with van der Waals surface area (Å²) in [7, 11) is -9.95. The Hall–Kier alpha value is -4.03. The number of halogens is 3. The van der Waals surface area contributed by atoms with Crippen LogP contribution in [-0.2, 0) is 20.2 Å². The predicted octanol–water partition coefficient (Wildman–Crippen LogP) is 4.63. The number of hydrogen-bond acceptors (Lipinski definition) is 11. The molecule has 0 spiro atoms. The van der Waals surface area contributed by atoms with Gasteiger partial charge in [-0.15, -0.1) is 10.2 Å². The lowest BCUT2D eigenvalue weighted by Crippen LogP contribution is -2.04. The molecule has 38 heavy (non-hydrogen) atoms. The summed E-state index contributed by atoms with van der Waals surface area (Å²) in [6.45, 7) is 0. The van der Waals surface area contributed by atoms with E-state index >= 15 is 0 Å².